The number of nitrogens with zero attached hydrogens (tertiary/aromatic N) is 4. The average Bonchev–Trinajstić information content (AvgIpc) is 3.18. The molecule has 27 heavy (non-hydrogen) atoms. The number of hydrogen-bond acceptors (Lipinski definition) is 4. The Morgan fingerprint density at radius 2 is 2.11 bits per heavy atom. The number of likely N-dealkylation sites (tertiary alicyclic amines) is 2. The lowest BCUT2D eigenvalue weighted by Crippen LogP contribution is -2.53. The first-order chi connectivity index (χ1) is 13.0. The number of carbonyl (C=O) groups is 2. The van der Waals surface area contributed by atoms with E-state index in [-0.39, 0.29) is 23.1 Å². The van der Waals surface area contributed by atoms with Crippen molar-refractivity contribution in [1.82, 2.24) is 19.6 Å². The van der Waals surface area contributed by atoms with Gasteiger partial charge >= 0.3 is 0 Å². The van der Waals surface area contributed by atoms with Gasteiger partial charge in [0.05, 0.1) is 12.5 Å². The Morgan fingerprint density at radius 1 is 1.33 bits per heavy atom. The molecule has 0 N–H and O–H groups in total. The van der Waals surface area contributed by atoms with E-state index in [1.807, 2.05) is 33.7 Å². The van der Waals surface area contributed by atoms with Crippen LogP contribution in [0.15, 0.2) is 18.5 Å². The molecule has 0 bridgehead atoms. The van der Waals surface area contributed by atoms with Crippen molar-refractivity contribution in [3.05, 3.63) is 18.5 Å². The third kappa shape index (κ3) is 4.89. The van der Waals surface area contributed by atoms with Crippen molar-refractivity contribution in [2.24, 2.45) is 11.3 Å². The van der Waals surface area contributed by atoms with Crippen LogP contribution in [0, 0.1) is 11.3 Å². The Bertz CT molecular complexity index is 623. The molecule has 7 heteroatoms. The second-order valence-electron chi connectivity index (χ2n) is 8.12. The molecular weight excluding hydrogens is 344 g/mol. The smallest absolute Gasteiger partial charge is 0.227 e. The molecule has 2 saturated heterocycles. The summed E-state index contributed by atoms with van der Waals surface area (Å²) in [5, 5.41) is 4.20. The molecule has 1 unspecified atom stereocenters. The molecule has 0 radical (unpaired) electrons. The van der Waals surface area contributed by atoms with Crippen molar-refractivity contribution >= 4 is 11.8 Å². The molecule has 1 atom stereocenters. The van der Waals surface area contributed by atoms with Crippen LogP contribution in [0.2, 0.25) is 0 Å². The van der Waals surface area contributed by atoms with Gasteiger partial charge in [-0.3, -0.25) is 14.3 Å². The molecule has 0 aromatic carbocycles. The molecular formula is C20H32N4O3. The number of rotatable bonds is 7. The van der Waals surface area contributed by atoms with Crippen LogP contribution >= 0.6 is 0 Å². The fourth-order valence-corrected chi connectivity index (χ4v) is 4.39. The molecule has 0 aliphatic carbocycles. The van der Waals surface area contributed by atoms with Gasteiger partial charge in [-0.1, -0.05) is 6.92 Å². The van der Waals surface area contributed by atoms with Crippen LogP contribution < -0.4 is 0 Å². The van der Waals surface area contributed by atoms with E-state index in [2.05, 4.69) is 5.10 Å². The number of hydrogen-bond donors (Lipinski definition) is 0. The third-order valence-electron chi connectivity index (χ3n) is 6.10. The predicted octanol–water partition coefficient (Wildman–Crippen LogP) is 1.79. The van der Waals surface area contributed by atoms with E-state index in [1.165, 1.54) is 0 Å². The normalized spacial score (nSPS) is 20.9. The Hall–Kier alpha value is -1.89. The van der Waals surface area contributed by atoms with Crippen LogP contribution in [0.1, 0.15) is 39.0 Å². The highest BCUT2D eigenvalue weighted by molar-refractivity contribution is 5.79. The van der Waals surface area contributed by atoms with Crippen molar-refractivity contribution in [3.8, 4) is 0 Å². The SMILES string of the molecule is COCCCN1CC2(CCC1=O)CCN(C(=O)C(C)Cn1cccn1)CC2. The number of carbonyl (C=O) groups excluding carboxylic acids is 2. The minimum Gasteiger partial charge on any atom is -0.385 e. The molecule has 1 aromatic rings. The average molecular weight is 377 g/mol. The lowest BCUT2D eigenvalue weighted by atomic mass is 9.72. The van der Waals surface area contributed by atoms with E-state index < -0.39 is 0 Å². The van der Waals surface area contributed by atoms with Gasteiger partial charge < -0.3 is 14.5 Å². The van der Waals surface area contributed by atoms with E-state index in [1.54, 1.807) is 13.3 Å². The molecule has 2 aliphatic heterocycles. The number of aromatic nitrogens is 2. The van der Waals surface area contributed by atoms with E-state index in [0.29, 0.717) is 19.6 Å². The Kier molecular flexibility index (Phi) is 6.52. The summed E-state index contributed by atoms with van der Waals surface area (Å²) in [6.07, 6.45) is 8.08. The van der Waals surface area contributed by atoms with Crippen LogP contribution in [0.5, 0.6) is 0 Å². The van der Waals surface area contributed by atoms with Gasteiger partial charge in [-0.15, -0.1) is 0 Å². The lowest BCUT2D eigenvalue weighted by molar-refractivity contribution is -0.144. The van der Waals surface area contributed by atoms with Gasteiger partial charge in [-0.2, -0.15) is 5.10 Å². The quantitative estimate of drug-likeness (QED) is 0.681. The van der Waals surface area contributed by atoms with Crippen molar-refractivity contribution in [2.75, 3.05) is 39.9 Å². The first kappa shape index (κ1) is 19.9. The molecule has 0 saturated carbocycles. The van der Waals surface area contributed by atoms with Gasteiger partial charge in [-0.05, 0) is 37.2 Å². The number of piperidine rings is 2. The fraction of sp³-hybridized carbons (Fsp3) is 0.750. The summed E-state index contributed by atoms with van der Waals surface area (Å²) >= 11 is 0. The summed E-state index contributed by atoms with van der Waals surface area (Å²) in [7, 11) is 1.69. The molecule has 2 aliphatic rings. The number of amides is 2. The molecule has 3 heterocycles. The topological polar surface area (TPSA) is 67.7 Å². The summed E-state index contributed by atoms with van der Waals surface area (Å²) in [4.78, 5) is 29.1. The highest BCUT2D eigenvalue weighted by atomic mass is 16.5. The highest BCUT2D eigenvalue weighted by Crippen LogP contribution is 2.40. The van der Waals surface area contributed by atoms with Gasteiger partial charge in [0, 0.05) is 58.7 Å². The monoisotopic (exact) mass is 376 g/mol. The van der Waals surface area contributed by atoms with Crippen LogP contribution in [0.4, 0.5) is 0 Å². The van der Waals surface area contributed by atoms with Crippen LogP contribution in [0.3, 0.4) is 0 Å². The first-order valence-electron chi connectivity index (χ1n) is 10.1. The van der Waals surface area contributed by atoms with Crippen LogP contribution in [0.25, 0.3) is 0 Å². The zero-order valence-electron chi connectivity index (χ0n) is 16.6. The third-order valence-corrected chi connectivity index (χ3v) is 6.10. The Morgan fingerprint density at radius 3 is 2.78 bits per heavy atom. The Labute approximate surface area is 161 Å². The van der Waals surface area contributed by atoms with Gasteiger partial charge in [0.2, 0.25) is 11.8 Å². The van der Waals surface area contributed by atoms with Crippen LogP contribution in [-0.2, 0) is 20.9 Å². The Balaban J connectivity index is 1.51. The maximum Gasteiger partial charge on any atom is 0.227 e. The van der Waals surface area contributed by atoms with E-state index >= 15 is 0 Å². The zero-order chi connectivity index (χ0) is 19.3. The first-order valence-corrected chi connectivity index (χ1v) is 10.1. The summed E-state index contributed by atoms with van der Waals surface area (Å²) in [6, 6.07) is 1.88. The standard InChI is InChI=1S/C20H32N4O3/c1-17(15-24-11-3-9-21-24)19(26)22-12-7-20(8-13-22)6-5-18(25)23(16-20)10-4-14-27-2/h3,9,11,17H,4-8,10,12-16H2,1-2H3. The largest absolute Gasteiger partial charge is 0.385 e. The predicted molar refractivity (Wildman–Crippen MR) is 102 cm³/mol. The summed E-state index contributed by atoms with van der Waals surface area (Å²) in [5.74, 6) is 0.407. The van der Waals surface area contributed by atoms with Crippen LogP contribution in [-0.4, -0.2) is 71.3 Å². The van der Waals surface area contributed by atoms with E-state index in [9.17, 15) is 9.59 Å². The minimum absolute atomic E-state index is 0.0718. The summed E-state index contributed by atoms with van der Waals surface area (Å²) in [5.41, 5.74) is 0.184. The molecule has 2 amide bonds. The van der Waals surface area contributed by atoms with E-state index in [0.717, 1.165) is 51.9 Å². The molecule has 1 aromatic heterocycles. The molecule has 7 nitrogen and oxygen atoms in total. The van der Waals surface area contributed by atoms with Crippen molar-refractivity contribution < 1.29 is 14.3 Å². The number of methoxy groups -OCH3 is 1. The van der Waals surface area contributed by atoms with Gasteiger partial charge in [0.25, 0.3) is 0 Å². The van der Waals surface area contributed by atoms with Gasteiger partial charge in [0.1, 0.15) is 0 Å². The summed E-state index contributed by atoms with van der Waals surface area (Å²) < 4.78 is 6.94. The fourth-order valence-electron chi connectivity index (χ4n) is 4.39. The second kappa shape index (κ2) is 8.87. The molecule has 2 fully saturated rings. The van der Waals surface area contributed by atoms with E-state index in [4.69, 9.17) is 4.74 Å². The minimum atomic E-state index is -0.0718. The van der Waals surface area contributed by atoms with Crippen molar-refractivity contribution in [2.45, 2.75) is 45.6 Å². The lowest BCUT2D eigenvalue weighted by Gasteiger charge is -2.47. The number of ether oxygens (including phenoxy) is 1. The molecule has 1 spiro atoms. The zero-order valence-corrected chi connectivity index (χ0v) is 16.6. The molecule has 3 rings (SSSR count). The van der Waals surface area contributed by atoms with Gasteiger partial charge in [-0.25, -0.2) is 0 Å². The van der Waals surface area contributed by atoms with Crippen molar-refractivity contribution in [1.29, 1.82) is 0 Å². The van der Waals surface area contributed by atoms with Crippen molar-refractivity contribution in [3.63, 3.8) is 0 Å². The van der Waals surface area contributed by atoms with Gasteiger partial charge in [0.15, 0.2) is 0 Å². The highest BCUT2D eigenvalue weighted by Gasteiger charge is 2.41. The molecule has 150 valence electrons. The second-order valence-corrected chi connectivity index (χ2v) is 8.12. The maximum absolute atomic E-state index is 12.8. The summed E-state index contributed by atoms with van der Waals surface area (Å²) in [6.45, 7) is 6.48. The maximum atomic E-state index is 12.8.